The van der Waals surface area contributed by atoms with Crippen LogP contribution in [0.1, 0.15) is 16.0 Å². The maximum Gasteiger partial charge on any atom is 0.418 e. The fraction of sp³-hybridized carbons (Fsp3) is 0.231. The molecule has 6 heteroatoms. The minimum Gasteiger partial charge on any atom is -0.399 e. The lowest BCUT2D eigenvalue weighted by Crippen LogP contribution is -2.11. The molecule has 0 aliphatic carbocycles. The fourth-order valence-electron chi connectivity index (χ4n) is 1.71. The Hall–Kier alpha value is -1.69. The van der Waals surface area contributed by atoms with Gasteiger partial charge in [0, 0.05) is 22.8 Å². The van der Waals surface area contributed by atoms with Crippen molar-refractivity contribution < 1.29 is 13.2 Å². The average Bonchev–Trinajstić information content (AvgIpc) is 2.72. The smallest absolute Gasteiger partial charge is 0.399 e. The van der Waals surface area contributed by atoms with Gasteiger partial charge in [0.25, 0.3) is 0 Å². The zero-order valence-corrected chi connectivity index (χ0v) is 11.0. The van der Waals surface area contributed by atoms with Gasteiger partial charge in [-0.15, -0.1) is 11.3 Å². The highest BCUT2D eigenvalue weighted by Crippen LogP contribution is 2.36. The van der Waals surface area contributed by atoms with Gasteiger partial charge in [-0.1, -0.05) is 0 Å². The van der Waals surface area contributed by atoms with Crippen molar-refractivity contribution in [3.63, 3.8) is 0 Å². The maximum absolute atomic E-state index is 12.9. The van der Waals surface area contributed by atoms with Crippen LogP contribution in [0, 0.1) is 6.92 Å². The summed E-state index contributed by atoms with van der Waals surface area (Å²) in [6, 6.07) is 5.71. The third-order valence-corrected chi connectivity index (χ3v) is 3.78. The van der Waals surface area contributed by atoms with Crippen LogP contribution < -0.4 is 11.1 Å². The molecule has 0 bridgehead atoms. The molecule has 1 aromatic heterocycles. The Morgan fingerprint density at radius 1 is 1.26 bits per heavy atom. The summed E-state index contributed by atoms with van der Waals surface area (Å²) in [5.41, 5.74) is 5.90. The average molecular weight is 286 g/mol. The summed E-state index contributed by atoms with van der Waals surface area (Å²) in [5, 5.41) is 4.74. The number of hydrogen-bond acceptors (Lipinski definition) is 3. The predicted octanol–water partition coefficient (Wildman–Crippen LogP) is 4.27. The molecule has 102 valence electrons. The van der Waals surface area contributed by atoms with Crippen LogP contribution in [0.3, 0.4) is 0 Å². The molecule has 0 unspecified atom stereocenters. The van der Waals surface area contributed by atoms with Crippen LogP contribution in [-0.4, -0.2) is 0 Å². The molecular weight excluding hydrogens is 273 g/mol. The van der Waals surface area contributed by atoms with Crippen molar-refractivity contribution in [1.82, 2.24) is 0 Å². The highest BCUT2D eigenvalue weighted by molar-refractivity contribution is 7.10. The molecule has 3 N–H and O–H groups in total. The number of benzene rings is 1. The molecule has 2 aromatic rings. The largest absolute Gasteiger partial charge is 0.418 e. The molecule has 1 heterocycles. The first-order chi connectivity index (χ1) is 8.88. The molecule has 0 radical (unpaired) electrons. The van der Waals surface area contributed by atoms with Crippen LogP contribution in [0.2, 0.25) is 0 Å². The van der Waals surface area contributed by atoms with Crippen LogP contribution >= 0.6 is 11.3 Å². The van der Waals surface area contributed by atoms with Crippen LogP contribution in [0.25, 0.3) is 0 Å². The zero-order chi connectivity index (χ0) is 14.0. The van der Waals surface area contributed by atoms with Crippen LogP contribution in [0.4, 0.5) is 24.5 Å². The molecule has 0 spiro atoms. The number of alkyl halides is 3. The molecule has 2 nitrogen and oxygen atoms in total. The number of anilines is 2. The number of nitrogen functional groups attached to an aromatic ring is 1. The van der Waals surface area contributed by atoms with Gasteiger partial charge in [0.1, 0.15) is 0 Å². The summed E-state index contributed by atoms with van der Waals surface area (Å²) >= 11 is 1.52. The minimum absolute atomic E-state index is 0.0505. The number of thiophene rings is 1. The summed E-state index contributed by atoms with van der Waals surface area (Å²) in [4.78, 5) is 1.02. The van der Waals surface area contributed by atoms with E-state index in [1.165, 1.54) is 23.5 Å². The molecule has 0 aliphatic rings. The molecular formula is C13H13F3N2S. The molecule has 0 saturated heterocycles. The first-order valence-corrected chi connectivity index (χ1v) is 6.49. The summed E-state index contributed by atoms with van der Waals surface area (Å²) in [6.45, 7) is 2.30. The number of aryl methyl sites for hydroxylation is 1. The Labute approximate surface area is 113 Å². The van der Waals surface area contributed by atoms with Gasteiger partial charge in [-0.25, -0.2) is 0 Å². The van der Waals surface area contributed by atoms with Crippen molar-refractivity contribution in [2.75, 3.05) is 11.1 Å². The van der Waals surface area contributed by atoms with Crippen molar-refractivity contribution in [2.24, 2.45) is 0 Å². The number of hydrogen-bond donors (Lipinski definition) is 2. The molecule has 0 amide bonds. The Kier molecular flexibility index (Phi) is 3.71. The molecule has 0 fully saturated rings. The second-order valence-corrected chi connectivity index (χ2v) is 5.18. The first kappa shape index (κ1) is 13.7. The van der Waals surface area contributed by atoms with Gasteiger partial charge in [-0.05, 0) is 42.1 Å². The van der Waals surface area contributed by atoms with Crippen LogP contribution in [-0.2, 0) is 12.7 Å². The second kappa shape index (κ2) is 5.13. The summed E-state index contributed by atoms with van der Waals surface area (Å²) in [5.74, 6) is 0. The fourth-order valence-corrected chi connectivity index (χ4v) is 2.56. The van der Waals surface area contributed by atoms with E-state index in [0.717, 1.165) is 16.5 Å². The highest BCUT2D eigenvalue weighted by Gasteiger charge is 2.33. The normalized spacial score (nSPS) is 11.6. The van der Waals surface area contributed by atoms with E-state index < -0.39 is 11.7 Å². The van der Waals surface area contributed by atoms with Crippen molar-refractivity contribution in [2.45, 2.75) is 19.6 Å². The summed E-state index contributed by atoms with van der Waals surface area (Å²) in [6.07, 6.45) is -4.41. The van der Waals surface area contributed by atoms with Crippen molar-refractivity contribution in [3.8, 4) is 0 Å². The Morgan fingerprint density at radius 3 is 2.58 bits per heavy atom. The minimum atomic E-state index is -4.41. The monoisotopic (exact) mass is 286 g/mol. The molecule has 0 aliphatic heterocycles. The van der Waals surface area contributed by atoms with E-state index in [-0.39, 0.29) is 11.4 Å². The van der Waals surface area contributed by atoms with E-state index in [0.29, 0.717) is 6.54 Å². The van der Waals surface area contributed by atoms with Crippen molar-refractivity contribution in [3.05, 3.63) is 45.6 Å². The van der Waals surface area contributed by atoms with Gasteiger partial charge < -0.3 is 11.1 Å². The Bertz CT molecular complexity index is 576. The van der Waals surface area contributed by atoms with E-state index in [1.54, 1.807) is 0 Å². The third-order valence-electron chi connectivity index (χ3n) is 2.76. The van der Waals surface area contributed by atoms with E-state index in [2.05, 4.69) is 5.32 Å². The topological polar surface area (TPSA) is 38.0 Å². The van der Waals surface area contributed by atoms with E-state index in [1.807, 2.05) is 18.4 Å². The lowest BCUT2D eigenvalue weighted by Gasteiger charge is -2.15. The summed E-state index contributed by atoms with van der Waals surface area (Å²) < 4.78 is 38.6. The second-order valence-electron chi connectivity index (χ2n) is 4.18. The van der Waals surface area contributed by atoms with Crippen molar-refractivity contribution >= 4 is 22.7 Å². The van der Waals surface area contributed by atoms with E-state index in [9.17, 15) is 13.2 Å². The summed E-state index contributed by atoms with van der Waals surface area (Å²) in [7, 11) is 0. The third kappa shape index (κ3) is 3.20. The Morgan fingerprint density at radius 2 is 2.00 bits per heavy atom. The number of nitrogens with two attached hydrogens (primary N) is 1. The lowest BCUT2D eigenvalue weighted by atomic mass is 10.1. The Balaban J connectivity index is 2.23. The molecule has 0 atom stereocenters. The van der Waals surface area contributed by atoms with Gasteiger partial charge >= 0.3 is 6.18 Å². The molecule has 1 aromatic carbocycles. The van der Waals surface area contributed by atoms with E-state index in [4.69, 9.17) is 5.73 Å². The number of nitrogens with one attached hydrogen (secondary N) is 1. The molecule has 0 saturated carbocycles. The van der Waals surface area contributed by atoms with Crippen LogP contribution in [0.15, 0.2) is 29.6 Å². The standard InChI is InChI=1S/C13H13F3N2S/c1-8-4-5-19-12(8)7-18-11-3-2-9(17)6-10(11)13(14,15)16/h2-6,18H,7,17H2,1H3. The highest BCUT2D eigenvalue weighted by atomic mass is 32.1. The molecule has 2 rings (SSSR count). The van der Waals surface area contributed by atoms with Gasteiger partial charge in [0.2, 0.25) is 0 Å². The quantitative estimate of drug-likeness (QED) is 0.827. The van der Waals surface area contributed by atoms with E-state index >= 15 is 0 Å². The number of halogens is 3. The zero-order valence-electron chi connectivity index (χ0n) is 10.2. The van der Waals surface area contributed by atoms with Gasteiger partial charge in [0.05, 0.1) is 5.56 Å². The first-order valence-electron chi connectivity index (χ1n) is 5.61. The molecule has 19 heavy (non-hydrogen) atoms. The lowest BCUT2D eigenvalue weighted by molar-refractivity contribution is -0.136. The van der Waals surface area contributed by atoms with Gasteiger partial charge in [0.15, 0.2) is 0 Å². The predicted molar refractivity (Wildman–Crippen MR) is 72.2 cm³/mol. The SMILES string of the molecule is Cc1ccsc1CNc1ccc(N)cc1C(F)(F)F. The van der Waals surface area contributed by atoms with Gasteiger partial charge in [-0.2, -0.15) is 13.2 Å². The van der Waals surface area contributed by atoms with Gasteiger partial charge in [-0.3, -0.25) is 0 Å². The van der Waals surface area contributed by atoms with Crippen LogP contribution in [0.5, 0.6) is 0 Å². The number of rotatable bonds is 3. The van der Waals surface area contributed by atoms with Crippen molar-refractivity contribution in [1.29, 1.82) is 0 Å². The maximum atomic E-state index is 12.9.